The molecule has 0 aromatic heterocycles. The summed E-state index contributed by atoms with van der Waals surface area (Å²) < 4.78 is 0. The molecule has 0 aliphatic heterocycles. The second kappa shape index (κ2) is 11.9. The first-order valence-corrected chi connectivity index (χ1v) is 10.3. The van der Waals surface area contributed by atoms with Crippen molar-refractivity contribution < 1.29 is 0 Å². The van der Waals surface area contributed by atoms with Crippen molar-refractivity contribution in [2.75, 3.05) is 0 Å². The van der Waals surface area contributed by atoms with Crippen LogP contribution in [0.3, 0.4) is 0 Å². The van der Waals surface area contributed by atoms with Gasteiger partial charge < -0.3 is 0 Å². The minimum Gasteiger partial charge on any atom is -0.0807 e. The van der Waals surface area contributed by atoms with Crippen molar-refractivity contribution in [3.63, 3.8) is 0 Å². The second-order valence-electron chi connectivity index (χ2n) is 6.87. The van der Waals surface area contributed by atoms with Gasteiger partial charge in [0.2, 0.25) is 0 Å². The first kappa shape index (κ1) is 21.5. The van der Waals surface area contributed by atoms with Crippen molar-refractivity contribution in [3.8, 4) is 0 Å². The zero-order valence-electron chi connectivity index (χ0n) is 17.1. The van der Waals surface area contributed by atoms with Gasteiger partial charge in [0, 0.05) is 5.41 Å². The molecule has 0 N–H and O–H groups in total. The summed E-state index contributed by atoms with van der Waals surface area (Å²) in [6.07, 6.45) is 29.9. The molecule has 0 heterocycles. The van der Waals surface area contributed by atoms with E-state index in [1.54, 1.807) is 5.57 Å². The van der Waals surface area contributed by atoms with Crippen molar-refractivity contribution >= 4 is 0 Å². The minimum atomic E-state index is 0.121. The third-order valence-corrected chi connectivity index (χ3v) is 5.33. The molecule has 0 radical (unpaired) electrons. The quantitative estimate of drug-likeness (QED) is 0.439. The lowest BCUT2D eigenvalue weighted by Gasteiger charge is -2.41. The average molecular weight is 339 g/mol. The maximum atomic E-state index is 2.48. The van der Waals surface area contributed by atoms with E-state index in [0.717, 1.165) is 12.8 Å². The van der Waals surface area contributed by atoms with E-state index in [1.165, 1.54) is 31.3 Å². The molecule has 0 spiro atoms. The summed E-state index contributed by atoms with van der Waals surface area (Å²) in [6.45, 7) is 11.1. The third kappa shape index (κ3) is 5.73. The lowest BCUT2D eigenvalue weighted by atomic mass is 9.62. The predicted octanol–water partition coefficient (Wildman–Crippen LogP) is 8.12. The summed E-state index contributed by atoms with van der Waals surface area (Å²) in [5, 5.41) is 0. The highest BCUT2D eigenvalue weighted by Gasteiger charge is 2.38. The van der Waals surface area contributed by atoms with Gasteiger partial charge in [-0.15, -0.1) is 0 Å². The number of hydrogen-bond acceptors (Lipinski definition) is 0. The van der Waals surface area contributed by atoms with Gasteiger partial charge in [-0.2, -0.15) is 0 Å². The maximum absolute atomic E-state index is 2.48. The average Bonchev–Trinajstić information content (AvgIpc) is 3.08. The molecule has 0 aromatic carbocycles. The molecule has 0 heteroatoms. The second-order valence-corrected chi connectivity index (χ2v) is 6.87. The third-order valence-electron chi connectivity index (χ3n) is 5.33. The van der Waals surface area contributed by atoms with Gasteiger partial charge >= 0.3 is 0 Å². The summed E-state index contributed by atoms with van der Waals surface area (Å²) in [4.78, 5) is 0. The van der Waals surface area contributed by atoms with Crippen LogP contribution in [0.25, 0.3) is 0 Å². The molecule has 0 aromatic rings. The Bertz CT molecular complexity index is 545. The fraction of sp³-hybridized carbons (Fsp3) is 0.520. The Hall–Kier alpha value is -1.56. The lowest BCUT2D eigenvalue weighted by molar-refractivity contribution is 0.250. The fourth-order valence-electron chi connectivity index (χ4n) is 3.99. The number of allylic oxidation sites excluding steroid dienone is 12. The topological polar surface area (TPSA) is 0 Å². The van der Waals surface area contributed by atoms with Crippen LogP contribution in [-0.4, -0.2) is 0 Å². The van der Waals surface area contributed by atoms with E-state index in [-0.39, 0.29) is 5.41 Å². The van der Waals surface area contributed by atoms with Gasteiger partial charge in [0.1, 0.15) is 0 Å². The fourth-order valence-corrected chi connectivity index (χ4v) is 3.99. The summed E-state index contributed by atoms with van der Waals surface area (Å²) in [5.41, 5.74) is 3.16. The van der Waals surface area contributed by atoms with Gasteiger partial charge in [-0.25, -0.2) is 0 Å². The zero-order valence-corrected chi connectivity index (χ0v) is 17.1. The van der Waals surface area contributed by atoms with E-state index in [0.29, 0.717) is 5.92 Å². The van der Waals surface area contributed by atoms with Crippen molar-refractivity contribution in [1.29, 1.82) is 0 Å². The normalized spacial score (nSPS) is 18.6. The monoisotopic (exact) mass is 338 g/mol. The molecular formula is C25H38. The molecule has 0 amide bonds. The highest BCUT2D eigenvalue weighted by Crippen LogP contribution is 2.49. The molecule has 2 rings (SSSR count). The largest absolute Gasteiger partial charge is 0.0807 e. The van der Waals surface area contributed by atoms with Gasteiger partial charge in [-0.3, -0.25) is 0 Å². The Labute approximate surface area is 156 Å². The van der Waals surface area contributed by atoms with Crippen LogP contribution in [0.15, 0.2) is 71.9 Å². The molecule has 1 unspecified atom stereocenters. The smallest absolute Gasteiger partial charge is 0.0167 e. The predicted molar refractivity (Wildman–Crippen MR) is 115 cm³/mol. The molecule has 0 saturated heterocycles. The maximum Gasteiger partial charge on any atom is 0.0167 e. The molecule has 2 aliphatic rings. The Morgan fingerprint density at radius 3 is 2.28 bits per heavy atom. The van der Waals surface area contributed by atoms with Crippen molar-refractivity contribution in [3.05, 3.63) is 71.9 Å². The summed E-state index contributed by atoms with van der Waals surface area (Å²) >= 11 is 0. The van der Waals surface area contributed by atoms with Crippen LogP contribution < -0.4 is 0 Å². The van der Waals surface area contributed by atoms with E-state index in [2.05, 4.69) is 81.5 Å². The van der Waals surface area contributed by atoms with Gasteiger partial charge in [0.15, 0.2) is 0 Å². The van der Waals surface area contributed by atoms with E-state index in [4.69, 9.17) is 0 Å². The van der Waals surface area contributed by atoms with Crippen molar-refractivity contribution in [2.45, 2.75) is 73.1 Å². The Balaban J connectivity index is 0.00000151. The van der Waals surface area contributed by atoms with Crippen LogP contribution in [0, 0.1) is 11.3 Å². The van der Waals surface area contributed by atoms with Crippen LogP contribution in [0.5, 0.6) is 0 Å². The first-order valence-electron chi connectivity index (χ1n) is 10.3. The molecule has 0 saturated carbocycles. The molecule has 0 nitrogen and oxygen atoms in total. The van der Waals surface area contributed by atoms with Crippen LogP contribution in [0.2, 0.25) is 0 Å². The van der Waals surface area contributed by atoms with Gasteiger partial charge in [0.05, 0.1) is 0 Å². The SMILES string of the molecule is CC.CCCC(CCC)C(C)(C1=CC=CCC=C1)C1=CC=CC=CC1. The molecule has 1 atom stereocenters. The van der Waals surface area contributed by atoms with E-state index >= 15 is 0 Å². The minimum absolute atomic E-state index is 0.121. The van der Waals surface area contributed by atoms with Gasteiger partial charge in [0.25, 0.3) is 0 Å². The molecule has 25 heavy (non-hydrogen) atoms. The highest BCUT2D eigenvalue weighted by atomic mass is 14.4. The highest BCUT2D eigenvalue weighted by molar-refractivity contribution is 5.43. The summed E-state index contributed by atoms with van der Waals surface area (Å²) in [6, 6.07) is 0. The first-order chi connectivity index (χ1) is 12.2. The van der Waals surface area contributed by atoms with E-state index in [9.17, 15) is 0 Å². The van der Waals surface area contributed by atoms with Gasteiger partial charge in [-0.05, 0) is 37.2 Å². The summed E-state index contributed by atoms with van der Waals surface area (Å²) in [5.74, 6) is 0.700. The standard InChI is InChI=1S/C23H32.C2H6/c1-4-14-20(15-5-2)23(3,21-16-10-6-7-11-17-21)22-18-12-8-9-13-19-22;1-2/h6-8,10-13,16,18-20H,4-5,9,14-15,17H2,1-3H3;1-2H3. The van der Waals surface area contributed by atoms with Crippen LogP contribution in [-0.2, 0) is 0 Å². The zero-order chi connectivity index (χ0) is 18.5. The summed E-state index contributed by atoms with van der Waals surface area (Å²) in [7, 11) is 0. The number of rotatable bonds is 7. The van der Waals surface area contributed by atoms with Crippen LogP contribution in [0.4, 0.5) is 0 Å². The van der Waals surface area contributed by atoms with E-state index in [1.807, 2.05) is 13.8 Å². The Morgan fingerprint density at radius 2 is 1.60 bits per heavy atom. The lowest BCUT2D eigenvalue weighted by Crippen LogP contribution is -2.31. The number of hydrogen-bond donors (Lipinski definition) is 0. The van der Waals surface area contributed by atoms with Crippen LogP contribution in [0.1, 0.15) is 73.1 Å². The molecule has 0 bridgehead atoms. The molecule has 0 fully saturated rings. The van der Waals surface area contributed by atoms with Crippen LogP contribution >= 0.6 is 0 Å². The molecular weight excluding hydrogens is 300 g/mol. The Kier molecular flexibility index (Phi) is 10.2. The van der Waals surface area contributed by atoms with Crippen molar-refractivity contribution in [2.24, 2.45) is 11.3 Å². The van der Waals surface area contributed by atoms with E-state index < -0.39 is 0 Å². The van der Waals surface area contributed by atoms with Crippen molar-refractivity contribution in [1.82, 2.24) is 0 Å². The molecule has 2 aliphatic carbocycles. The molecule has 138 valence electrons. The Morgan fingerprint density at radius 1 is 0.880 bits per heavy atom. The van der Waals surface area contributed by atoms with Gasteiger partial charge in [-0.1, -0.05) is 114 Å².